The molecule has 0 bridgehead atoms. The molecule has 2 saturated heterocycles. The maximum Gasteiger partial charge on any atom is 0.191 e. The number of morpholine rings is 1. The average molecular weight is 511 g/mol. The maximum absolute atomic E-state index is 10.7. The van der Waals surface area contributed by atoms with E-state index in [4.69, 9.17) is 4.74 Å². The molecular weight excluding hydrogens is 469 g/mol. The number of piperidine rings is 1. The van der Waals surface area contributed by atoms with E-state index in [1.54, 1.807) is 0 Å². The number of hydrogen-bond donors (Lipinski definition) is 3. The van der Waals surface area contributed by atoms with Crippen LogP contribution in [0.5, 0.6) is 0 Å². The Hall–Kier alpha value is -0.160. The van der Waals surface area contributed by atoms with Gasteiger partial charge in [-0.3, -0.25) is 9.89 Å². The molecule has 0 aromatic heterocycles. The van der Waals surface area contributed by atoms with Crippen LogP contribution in [0.4, 0.5) is 0 Å². The summed E-state index contributed by atoms with van der Waals surface area (Å²) in [6, 6.07) is 0. The van der Waals surface area contributed by atoms with Crippen molar-refractivity contribution in [2.75, 3.05) is 72.1 Å². The van der Waals surface area contributed by atoms with E-state index in [0.717, 1.165) is 51.9 Å². The Bertz CT molecular complexity index is 438. The third-order valence-corrected chi connectivity index (χ3v) is 5.23. The molecule has 0 aromatic carbocycles. The minimum Gasteiger partial charge on any atom is -0.387 e. The summed E-state index contributed by atoms with van der Waals surface area (Å²) in [6.45, 7) is 15.8. The summed E-state index contributed by atoms with van der Waals surface area (Å²) in [4.78, 5) is 9.47. The van der Waals surface area contributed by atoms with Gasteiger partial charge in [-0.15, -0.1) is 24.0 Å². The number of rotatable bonds is 9. The predicted molar refractivity (Wildman–Crippen MR) is 127 cm³/mol. The van der Waals surface area contributed by atoms with E-state index < -0.39 is 5.60 Å². The van der Waals surface area contributed by atoms with Gasteiger partial charge in [-0.25, -0.2) is 0 Å². The van der Waals surface area contributed by atoms with Gasteiger partial charge in [0.2, 0.25) is 0 Å². The van der Waals surface area contributed by atoms with Crippen LogP contribution in [0.3, 0.4) is 0 Å². The number of aliphatic imine (C=N–C) groups is 1. The van der Waals surface area contributed by atoms with Crippen molar-refractivity contribution in [1.29, 1.82) is 0 Å². The van der Waals surface area contributed by atoms with Crippen molar-refractivity contribution < 1.29 is 9.84 Å². The summed E-state index contributed by atoms with van der Waals surface area (Å²) < 4.78 is 5.38. The lowest BCUT2D eigenvalue weighted by Crippen LogP contribution is -2.48. The maximum atomic E-state index is 10.7. The van der Waals surface area contributed by atoms with Crippen molar-refractivity contribution in [3.63, 3.8) is 0 Å². The van der Waals surface area contributed by atoms with Crippen LogP contribution < -0.4 is 10.6 Å². The van der Waals surface area contributed by atoms with Crippen LogP contribution in [-0.4, -0.2) is 98.6 Å². The van der Waals surface area contributed by atoms with Gasteiger partial charge in [0.15, 0.2) is 5.96 Å². The molecular formula is C20H42IN5O2. The van der Waals surface area contributed by atoms with Crippen LogP contribution in [0.15, 0.2) is 4.99 Å². The molecule has 7 nitrogen and oxygen atoms in total. The summed E-state index contributed by atoms with van der Waals surface area (Å²) in [5, 5.41) is 17.5. The summed E-state index contributed by atoms with van der Waals surface area (Å²) in [7, 11) is 0. The highest BCUT2D eigenvalue weighted by Crippen LogP contribution is 2.11. The van der Waals surface area contributed by atoms with Gasteiger partial charge in [-0.2, -0.15) is 0 Å². The van der Waals surface area contributed by atoms with Gasteiger partial charge in [0.1, 0.15) is 0 Å². The van der Waals surface area contributed by atoms with E-state index in [1.807, 2.05) is 6.92 Å². The van der Waals surface area contributed by atoms with E-state index in [0.29, 0.717) is 19.0 Å². The second kappa shape index (κ2) is 14.0. The Morgan fingerprint density at radius 2 is 1.79 bits per heavy atom. The number of halogens is 1. The van der Waals surface area contributed by atoms with Crippen molar-refractivity contribution in [1.82, 2.24) is 20.4 Å². The second-order valence-electron chi connectivity index (χ2n) is 8.43. The average Bonchev–Trinajstić information content (AvgIpc) is 2.65. The van der Waals surface area contributed by atoms with E-state index in [9.17, 15) is 5.11 Å². The smallest absolute Gasteiger partial charge is 0.191 e. The predicted octanol–water partition coefficient (Wildman–Crippen LogP) is 1.36. The van der Waals surface area contributed by atoms with Crippen molar-refractivity contribution in [2.45, 2.75) is 45.6 Å². The monoisotopic (exact) mass is 511 g/mol. The molecule has 2 atom stereocenters. The Kier molecular flexibility index (Phi) is 12.9. The number of nitrogens with zero attached hydrogens (tertiary/aromatic N) is 3. The molecule has 0 aliphatic carbocycles. The fraction of sp³-hybridized carbons (Fsp3) is 0.950. The molecule has 0 spiro atoms. The van der Waals surface area contributed by atoms with Crippen LogP contribution in [0.2, 0.25) is 0 Å². The molecule has 2 rings (SSSR count). The molecule has 3 N–H and O–H groups in total. The van der Waals surface area contributed by atoms with Gasteiger partial charge in [0.05, 0.1) is 25.4 Å². The third-order valence-electron chi connectivity index (χ3n) is 5.23. The molecule has 0 amide bonds. The fourth-order valence-corrected chi connectivity index (χ4v) is 3.80. The molecule has 166 valence electrons. The summed E-state index contributed by atoms with van der Waals surface area (Å²) in [6.07, 6.45) is 4.05. The highest BCUT2D eigenvalue weighted by atomic mass is 127. The quantitative estimate of drug-likeness (QED) is 0.247. The lowest BCUT2D eigenvalue weighted by molar-refractivity contribution is -0.0180. The SMILES string of the molecule is CCNC(=NCC(C)(O)CN1CCOCC1)NCC(C)CN1CCCCC1.I. The molecule has 0 radical (unpaired) electrons. The molecule has 0 saturated carbocycles. The lowest BCUT2D eigenvalue weighted by atomic mass is 10.1. The van der Waals surface area contributed by atoms with Crippen LogP contribution in [-0.2, 0) is 4.74 Å². The van der Waals surface area contributed by atoms with E-state index in [-0.39, 0.29) is 24.0 Å². The molecule has 2 aliphatic heterocycles. The van der Waals surface area contributed by atoms with Crippen molar-refractivity contribution >= 4 is 29.9 Å². The van der Waals surface area contributed by atoms with Crippen LogP contribution in [0.25, 0.3) is 0 Å². The van der Waals surface area contributed by atoms with Crippen molar-refractivity contribution in [3.8, 4) is 0 Å². The number of hydrogen-bond acceptors (Lipinski definition) is 5. The molecule has 2 unspecified atom stereocenters. The van der Waals surface area contributed by atoms with Crippen LogP contribution in [0.1, 0.15) is 40.0 Å². The van der Waals surface area contributed by atoms with Crippen molar-refractivity contribution in [3.05, 3.63) is 0 Å². The number of β-amino-alcohol motifs (C(OH)–C–C–N with tert-alkyl or cyclic N) is 1. The first kappa shape index (κ1) is 25.9. The molecule has 0 aromatic rings. The van der Waals surface area contributed by atoms with E-state index in [2.05, 4.69) is 39.3 Å². The van der Waals surface area contributed by atoms with Gasteiger partial charge >= 0.3 is 0 Å². The molecule has 2 heterocycles. The Morgan fingerprint density at radius 1 is 1.11 bits per heavy atom. The van der Waals surface area contributed by atoms with Crippen LogP contribution in [0, 0.1) is 5.92 Å². The van der Waals surface area contributed by atoms with Gasteiger partial charge in [0, 0.05) is 39.3 Å². The minimum atomic E-state index is -0.834. The molecule has 8 heteroatoms. The van der Waals surface area contributed by atoms with Gasteiger partial charge < -0.3 is 25.4 Å². The Balaban J connectivity index is 0.00000392. The summed E-state index contributed by atoms with van der Waals surface area (Å²) in [5.74, 6) is 1.37. The van der Waals surface area contributed by atoms with Crippen molar-refractivity contribution in [2.24, 2.45) is 10.9 Å². The number of likely N-dealkylation sites (tertiary alicyclic amines) is 1. The summed E-state index contributed by atoms with van der Waals surface area (Å²) in [5.41, 5.74) is -0.834. The zero-order valence-electron chi connectivity index (χ0n) is 18.1. The first-order chi connectivity index (χ1) is 13.0. The number of nitrogens with one attached hydrogen (secondary N) is 2. The van der Waals surface area contributed by atoms with Gasteiger partial charge in [-0.1, -0.05) is 13.3 Å². The number of aliphatic hydroxyl groups is 1. The zero-order chi connectivity index (χ0) is 19.5. The second-order valence-corrected chi connectivity index (χ2v) is 8.43. The number of guanidine groups is 1. The van der Waals surface area contributed by atoms with Gasteiger partial charge in [0.25, 0.3) is 0 Å². The number of ether oxygens (including phenoxy) is 1. The fourth-order valence-electron chi connectivity index (χ4n) is 3.80. The largest absolute Gasteiger partial charge is 0.387 e. The molecule has 28 heavy (non-hydrogen) atoms. The topological polar surface area (TPSA) is 72.4 Å². The lowest BCUT2D eigenvalue weighted by Gasteiger charge is -2.33. The first-order valence-electron chi connectivity index (χ1n) is 10.8. The highest BCUT2D eigenvalue weighted by molar-refractivity contribution is 14.0. The van der Waals surface area contributed by atoms with Gasteiger partial charge in [-0.05, 0) is 45.7 Å². The standard InChI is InChI=1S/C20H41N5O2.HI/c1-4-21-19(22-14-18(2)15-24-8-6-5-7-9-24)23-16-20(3,26)17-25-10-12-27-13-11-25;/h18,26H,4-17H2,1-3H3,(H2,21,22,23);1H. The first-order valence-corrected chi connectivity index (χ1v) is 10.8. The molecule has 2 fully saturated rings. The third kappa shape index (κ3) is 10.6. The van der Waals surface area contributed by atoms with E-state index in [1.165, 1.54) is 32.4 Å². The Morgan fingerprint density at radius 3 is 2.43 bits per heavy atom. The Labute approximate surface area is 188 Å². The highest BCUT2D eigenvalue weighted by Gasteiger charge is 2.25. The van der Waals surface area contributed by atoms with E-state index >= 15 is 0 Å². The molecule has 2 aliphatic rings. The zero-order valence-corrected chi connectivity index (χ0v) is 20.4. The summed E-state index contributed by atoms with van der Waals surface area (Å²) >= 11 is 0. The van der Waals surface area contributed by atoms with Crippen LogP contribution >= 0.6 is 24.0 Å². The normalized spacial score (nSPS) is 22.8. The minimum absolute atomic E-state index is 0.